The first-order valence-corrected chi connectivity index (χ1v) is 10.3. The van der Waals surface area contributed by atoms with Crippen molar-refractivity contribution in [3.8, 4) is 11.5 Å². The molecule has 1 atom stereocenters. The van der Waals surface area contributed by atoms with Crippen molar-refractivity contribution < 1.29 is 23.8 Å². The molecule has 0 bridgehead atoms. The van der Waals surface area contributed by atoms with E-state index >= 15 is 0 Å². The van der Waals surface area contributed by atoms with E-state index in [-0.39, 0.29) is 12.5 Å². The summed E-state index contributed by atoms with van der Waals surface area (Å²) >= 11 is 0. The molecule has 1 aromatic carbocycles. The van der Waals surface area contributed by atoms with Crippen LogP contribution in [0.3, 0.4) is 0 Å². The molecule has 30 heavy (non-hydrogen) atoms. The van der Waals surface area contributed by atoms with Crippen LogP contribution in [0.2, 0.25) is 0 Å². The summed E-state index contributed by atoms with van der Waals surface area (Å²) in [4.78, 5) is 26.5. The molecular weight excluding hydrogens is 382 g/mol. The summed E-state index contributed by atoms with van der Waals surface area (Å²) in [5.74, 6) is 0.191. The van der Waals surface area contributed by atoms with Crippen LogP contribution < -0.4 is 9.47 Å². The van der Waals surface area contributed by atoms with Crippen molar-refractivity contribution in [2.75, 3.05) is 27.9 Å². The summed E-state index contributed by atoms with van der Waals surface area (Å²) in [6, 6.07) is 5.40. The quantitative estimate of drug-likeness (QED) is 0.446. The Morgan fingerprint density at radius 3 is 2.33 bits per heavy atom. The number of carbonyl (C=O) groups excluding carboxylic acids is 2. The molecule has 0 heterocycles. The molecule has 0 fully saturated rings. The monoisotopic (exact) mass is 417 g/mol. The zero-order chi connectivity index (χ0) is 22.5. The first-order valence-electron chi connectivity index (χ1n) is 10.3. The molecule has 1 unspecified atom stereocenters. The molecule has 0 saturated heterocycles. The lowest BCUT2D eigenvalue weighted by molar-refractivity contribution is -0.130. The maximum atomic E-state index is 13.3. The number of ether oxygens (including phenoxy) is 3. The van der Waals surface area contributed by atoms with Gasteiger partial charge < -0.3 is 14.2 Å². The summed E-state index contributed by atoms with van der Waals surface area (Å²) in [6.07, 6.45) is 8.75. The van der Waals surface area contributed by atoms with Crippen LogP contribution in [0.15, 0.2) is 42.0 Å². The van der Waals surface area contributed by atoms with E-state index in [1.165, 1.54) is 12.6 Å². The van der Waals surface area contributed by atoms with E-state index in [0.29, 0.717) is 23.5 Å². The Kier molecular flexibility index (Phi) is 11.3. The van der Waals surface area contributed by atoms with E-state index in [1.807, 2.05) is 19.1 Å². The third-order valence-electron chi connectivity index (χ3n) is 4.89. The van der Waals surface area contributed by atoms with Crippen molar-refractivity contribution in [2.45, 2.75) is 52.4 Å². The van der Waals surface area contributed by atoms with Gasteiger partial charge in [0.2, 0.25) is 5.91 Å². The SMILES string of the molecule is C/C=C\C/C=C(\C)CCCC(C(=O)N(C)C(=O)OCC)c1c(OC)cccc1OC. The summed E-state index contributed by atoms with van der Waals surface area (Å²) in [7, 11) is 4.56. The van der Waals surface area contributed by atoms with Gasteiger partial charge >= 0.3 is 6.09 Å². The van der Waals surface area contributed by atoms with Crippen LogP contribution in [-0.4, -0.2) is 44.8 Å². The van der Waals surface area contributed by atoms with Gasteiger partial charge in [-0.25, -0.2) is 4.79 Å². The number of nitrogens with zero attached hydrogens (tertiary/aromatic N) is 1. The highest BCUT2D eigenvalue weighted by molar-refractivity contribution is 5.96. The van der Waals surface area contributed by atoms with Gasteiger partial charge in [0.1, 0.15) is 11.5 Å². The van der Waals surface area contributed by atoms with Crippen LogP contribution >= 0.6 is 0 Å². The van der Waals surface area contributed by atoms with Crippen molar-refractivity contribution in [3.63, 3.8) is 0 Å². The second-order valence-corrected chi connectivity index (χ2v) is 6.97. The Morgan fingerprint density at radius 2 is 1.80 bits per heavy atom. The van der Waals surface area contributed by atoms with E-state index in [9.17, 15) is 9.59 Å². The van der Waals surface area contributed by atoms with Crippen LogP contribution in [-0.2, 0) is 9.53 Å². The first-order chi connectivity index (χ1) is 14.4. The van der Waals surface area contributed by atoms with E-state index < -0.39 is 12.0 Å². The Morgan fingerprint density at radius 1 is 1.17 bits per heavy atom. The van der Waals surface area contributed by atoms with Gasteiger partial charge in [-0.15, -0.1) is 0 Å². The highest BCUT2D eigenvalue weighted by Crippen LogP contribution is 2.39. The molecule has 0 N–H and O–H groups in total. The van der Waals surface area contributed by atoms with Gasteiger partial charge in [-0.3, -0.25) is 9.69 Å². The fourth-order valence-electron chi connectivity index (χ4n) is 3.25. The van der Waals surface area contributed by atoms with Crippen molar-refractivity contribution in [2.24, 2.45) is 0 Å². The maximum Gasteiger partial charge on any atom is 0.416 e. The molecular formula is C24H35NO5. The Hall–Kier alpha value is -2.76. The van der Waals surface area contributed by atoms with Crippen molar-refractivity contribution in [1.29, 1.82) is 0 Å². The van der Waals surface area contributed by atoms with Gasteiger partial charge in [-0.05, 0) is 58.6 Å². The fraction of sp³-hybridized carbons (Fsp3) is 0.500. The standard InChI is InChI=1S/C24H35NO5/c1-7-9-10-13-18(3)14-11-15-19(23(26)25(4)24(27)30-8-2)22-20(28-5)16-12-17-21(22)29-6/h7,9,12-13,16-17,19H,8,10-11,14-15H2,1-6H3/b9-7-,18-13+. The van der Waals surface area contributed by atoms with E-state index in [4.69, 9.17) is 14.2 Å². The number of likely N-dealkylation sites (N-methyl/N-ethyl adjacent to an activating group) is 1. The van der Waals surface area contributed by atoms with E-state index in [2.05, 4.69) is 19.1 Å². The zero-order valence-electron chi connectivity index (χ0n) is 19.1. The van der Waals surface area contributed by atoms with Crippen molar-refractivity contribution in [3.05, 3.63) is 47.6 Å². The average Bonchev–Trinajstić information content (AvgIpc) is 2.75. The highest BCUT2D eigenvalue weighted by atomic mass is 16.6. The topological polar surface area (TPSA) is 65.1 Å². The van der Waals surface area contributed by atoms with Crippen molar-refractivity contribution >= 4 is 12.0 Å². The third kappa shape index (κ3) is 7.25. The number of imide groups is 1. The molecule has 0 aliphatic rings. The van der Waals surface area contributed by atoms with Crippen LogP contribution in [0.25, 0.3) is 0 Å². The number of rotatable bonds is 11. The second-order valence-electron chi connectivity index (χ2n) is 6.97. The zero-order valence-corrected chi connectivity index (χ0v) is 19.1. The summed E-state index contributed by atoms with van der Waals surface area (Å²) in [5, 5.41) is 0. The molecule has 6 heteroatoms. The minimum Gasteiger partial charge on any atom is -0.496 e. The summed E-state index contributed by atoms with van der Waals surface area (Å²) < 4.78 is 16.0. The Labute approximate surface area is 180 Å². The highest BCUT2D eigenvalue weighted by Gasteiger charge is 2.32. The molecule has 2 amide bonds. The first kappa shape index (κ1) is 25.3. The van der Waals surface area contributed by atoms with Crippen LogP contribution in [0, 0.1) is 0 Å². The van der Waals surface area contributed by atoms with Crippen LogP contribution in [0.1, 0.15) is 57.9 Å². The normalized spacial score (nSPS) is 12.5. The van der Waals surface area contributed by atoms with Crippen molar-refractivity contribution in [1.82, 2.24) is 4.90 Å². The van der Waals surface area contributed by atoms with Gasteiger partial charge in [0.05, 0.1) is 26.7 Å². The fourth-order valence-corrected chi connectivity index (χ4v) is 3.25. The van der Waals surface area contributed by atoms with Gasteiger partial charge in [-0.1, -0.05) is 29.9 Å². The smallest absolute Gasteiger partial charge is 0.416 e. The number of allylic oxidation sites excluding steroid dienone is 4. The summed E-state index contributed by atoms with van der Waals surface area (Å²) in [6.45, 7) is 6.00. The Bertz CT molecular complexity index is 732. The average molecular weight is 418 g/mol. The molecule has 6 nitrogen and oxygen atoms in total. The lowest BCUT2D eigenvalue weighted by Gasteiger charge is -2.25. The molecule has 0 aliphatic heterocycles. The minimum absolute atomic E-state index is 0.204. The molecule has 0 spiro atoms. The molecule has 0 saturated carbocycles. The number of hydrogen-bond acceptors (Lipinski definition) is 5. The summed E-state index contributed by atoms with van der Waals surface area (Å²) in [5.41, 5.74) is 1.92. The number of carbonyl (C=O) groups is 2. The third-order valence-corrected chi connectivity index (χ3v) is 4.89. The number of amides is 2. The molecule has 0 radical (unpaired) electrons. The second kappa shape index (κ2) is 13.5. The maximum absolute atomic E-state index is 13.3. The van der Waals surface area contributed by atoms with Crippen LogP contribution in [0.4, 0.5) is 4.79 Å². The number of methoxy groups -OCH3 is 2. The van der Waals surface area contributed by atoms with Gasteiger partial charge in [-0.2, -0.15) is 0 Å². The van der Waals surface area contributed by atoms with Gasteiger partial charge in [0.15, 0.2) is 0 Å². The van der Waals surface area contributed by atoms with E-state index in [1.54, 1.807) is 33.3 Å². The molecule has 0 aliphatic carbocycles. The predicted molar refractivity (Wildman–Crippen MR) is 119 cm³/mol. The molecule has 1 rings (SSSR count). The largest absolute Gasteiger partial charge is 0.496 e. The predicted octanol–water partition coefficient (Wildman–Crippen LogP) is 5.49. The van der Waals surface area contributed by atoms with E-state index in [0.717, 1.165) is 24.2 Å². The molecule has 1 aromatic rings. The molecule has 0 aromatic heterocycles. The lowest BCUT2D eigenvalue weighted by Crippen LogP contribution is -2.37. The van der Waals surface area contributed by atoms with Gasteiger partial charge in [0.25, 0.3) is 0 Å². The Balaban J connectivity index is 3.17. The minimum atomic E-state index is -0.663. The van der Waals surface area contributed by atoms with Gasteiger partial charge in [0, 0.05) is 12.6 Å². The van der Waals surface area contributed by atoms with Crippen LogP contribution in [0.5, 0.6) is 11.5 Å². The number of hydrogen-bond donors (Lipinski definition) is 0. The molecule has 166 valence electrons. The lowest BCUT2D eigenvalue weighted by atomic mass is 9.89. The number of benzene rings is 1.